The highest BCUT2D eigenvalue weighted by molar-refractivity contribution is 5.81. The van der Waals surface area contributed by atoms with E-state index in [1.165, 1.54) is 12.1 Å². The zero-order chi connectivity index (χ0) is 21.7. The van der Waals surface area contributed by atoms with Crippen LogP contribution in [-0.2, 0) is 11.0 Å². The van der Waals surface area contributed by atoms with Gasteiger partial charge >= 0.3 is 6.18 Å². The summed E-state index contributed by atoms with van der Waals surface area (Å²) in [6, 6.07) is 13.8. The fraction of sp³-hybridized carbons (Fsp3) is 0.227. The Bertz CT molecular complexity index is 1130. The number of primary amides is 1. The van der Waals surface area contributed by atoms with E-state index >= 15 is 0 Å². The molecule has 2 heterocycles. The lowest BCUT2D eigenvalue weighted by Crippen LogP contribution is -3.12. The maximum Gasteiger partial charge on any atom is 0.416 e. The quantitative estimate of drug-likeness (QED) is 0.797. The zero-order valence-corrected chi connectivity index (χ0v) is 15.5. The molecule has 0 aliphatic carbocycles. The van der Waals surface area contributed by atoms with E-state index in [0.29, 0.717) is 10.5 Å². The molecule has 0 saturated carbocycles. The number of nitrogens with one attached hydrogen (secondary N) is 1. The van der Waals surface area contributed by atoms with Crippen LogP contribution in [0.15, 0.2) is 54.7 Å². The second-order valence-electron chi connectivity index (χ2n) is 7.47. The molecule has 2 aromatic rings. The molecule has 5 nitrogen and oxygen atoms in total. The lowest BCUT2D eigenvalue weighted by Gasteiger charge is -2.29. The van der Waals surface area contributed by atoms with Gasteiger partial charge in [-0.15, -0.1) is 0 Å². The van der Waals surface area contributed by atoms with Gasteiger partial charge in [0.15, 0.2) is 12.1 Å². The minimum Gasteiger partial charge on any atom is -0.364 e. The van der Waals surface area contributed by atoms with Crippen LogP contribution in [0, 0.1) is 28.1 Å². The fourth-order valence-corrected chi connectivity index (χ4v) is 4.80. The van der Waals surface area contributed by atoms with Gasteiger partial charge in [0.05, 0.1) is 29.8 Å². The average Bonchev–Trinajstić information content (AvgIpc) is 3.04. The first-order valence-corrected chi connectivity index (χ1v) is 9.17. The normalized spacial score (nSPS) is 26.2. The Labute approximate surface area is 170 Å². The van der Waals surface area contributed by atoms with Crippen molar-refractivity contribution in [2.45, 2.75) is 24.2 Å². The number of hydrogen-bond donors (Lipinski definition) is 2. The molecule has 0 aromatic heterocycles. The number of carbonyl (C=O) groups is 1. The van der Waals surface area contributed by atoms with Gasteiger partial charge in [0.1, 0.15) is 0 Å². The van der Waals surface area contributed by atoms with Gasteiger partial charge in [0, 0.05) is 5.56 Å². The van der Waals surface area contributed by atoms with Gasteiger partial charge < -0.3 is 5.73 Å². The standard InChI is InChI=1S/C22H15F3N4O/c23-22(24,25)15-6-3-5-14(10-15)17-18(20(28)30)29-9-8-13-4-1-2-7-16(13)19(29)21(17,11-26)12-27/h1-10,17-19H,(H2,28,30)/p+1/t17-,18+,19-/m0/s1. The SMILES string of the molecule is N#CC1(C#N)[C@@H]2c3ccccc3C=C[NH+]2[C@@H](C(N)=O)[C@@H]1c1cccc(C(F)(F)F)c1. The van der Waals surface area contributed by atoms with Gasteiger partial charge in [-0.2, -0.15) is 23.7 Å². The number of alkyl halides is 3. The Morgan fingerprint density at radius 3 is 2.43 bits per heavy atom. The molecule has 8 heteroatoms. The van der Waals surface area contributed by atoms with E-state index in [-0.39, 0.29) is 5.56 Å². The molecule has 1 saturated heterocycles. The van der Waals surface area contributed by atoms with Crippen LogP contribution in [0.25, 0.3) is 6.08 Å². The first kappa shape index (κ1) is 19.7. The highest BCUT2D eigenvalue weighted by Crippen LogP contribution is 2.51. The summed E-state index contributed by atoms with van der Waals surface area (Å²) in [5, 5.41) is 20.3. The van der Waals surface area contributed by atoms with Crippen LogP contribution in [0.1, 0.15) is 34.2 Å². The lowest BCUT2D eigenvalue weighted by molar-refractivity contribution is -0.885. The number of hydrogen-bond acceptors (Lipinski definition) is 3. The van der Waals surface area contributed by atoms with Gasteiger partial charge in [0.2, 0.25) is 5.41 Å². The average molecular weight is 409 g/mol. The number of carbonyl (C=O) groups excluding carboxylic acids is 1. The number of fused-ring (bicyclic) bond motifs is 3. The molecule has 2 aliphatic heterocycles. The highest BCUT2D eigenvalue weighted by Gasteiger charge is 2.67. The van der Waals surface area contributed by atoms with Gasteiger partial charge in [-0.3, -0.25) is 9.69 Å². The second-order valence-corrected chi connectivity index (χ2v) is 7.47. The second kappa shape index (κ2) is 6.72. The van der Waals surface area contributed by atoms with E-state index in [1.807, 2.05) is 6.07 Å². The molecule has 30 heavy (non-hydrogen) atoms. The Morgan fingerprint density at radius 1 is 1.10 bits per heavy atom. The smallest absolute Gasteiger partial charge is 0.364 e. The Morgan fingerprint density at radius 2 is 1.80 bits per heavy atom. The summed E-state index contributed by atoms with van der Waals surface area (Å²) in [5.74, 6) is -1.92. The number of nitrogens with two attached hydrogens (primary N) is 1. The third-order valence-electron chi connectivity index (χ3n) is 5.98. The molecular formula is C22H16F3N4O+. The Kier molecular flexibility index (Phi) is 4.41. The number of benzene rings is 2. The van der Waals surface area contributed by atoms with Crippen LogP contribution in [0.2, 0.25) is 0 Å². The molecule has 4 rings (SSSR count). The number of nitriles is 2. The number of quaternary nitrogens is 1. The summed E-state index contributed by atoms with van der Waals surface area (Å²) in [6.45, 7) is 0. The molecule has 150 valence electrons. The van der Waals surface area contributed by atoms with Crippen LogP contribution in [0.4, 0.5) is 13.2 Å². The summed E-state index contributed by atoms with van der Waals surface area (Å²) in [6.07, 6.45) is -1.17. The van der Waals surface area contributed by atoms with E-state index in [0.717, 1.165) is 17.7 Å². The Hall–Kier alpha value is -3.62. The van der Waals surface area contributed by atoms with Crippen LogP contribution in [0.5, 0.6) is 0 Å². The van der Waals surface area contributed by atoms with Crippen molar-refractivity contribution >= 4 is 12.0 Å². The molecule has 1 fully saturated rings. The molecule has 3 N–H and O–H groups in total. The lowest BCUT2D eigenvalue weighted by atomic mass is 9.68. The summed E-state index contributed by atoms with van der Waals surface area (Å²) in [5.41, 5.74) is 4.52. The number of amides is 1. The molecule has 0 radical (unpaired) electrons. The first-order chi connectivity index (χ1) is 14.2. The van der Waals surface area contributed by atoms with Gasteiger partial charge in [-0.1, -0.05) is 42.5 Å². The van der Waals surface area contributed by atoms with Gasteiger partial charge in [-0.05, 0) is 23.3 Å². The van der Waals surface area contributed by atoms with Crippen molar-refractivity contribution in [3.63, 3.8) is 0 Å². The van der Waals surface area contributed by atoms with Crippen LogP contribution >= 0.6 is 0 Å². The summed E-state index contributed by atoms with van der Waals surface area (Å²) < 4.78 is 40.0. The molecule has 4 atom stereocenters. The van der Waals surface area contributed by atoms with E-state index < -0.39 is 41.1 Å². The molecule has 2 aromatic carbocycles. The predicted molar refractivity (Wildman–Crippen MR) is 100 cm³/mol. The minimum atomic E-state index is -4.61. The third kappa shape index (κ3) is 2.69. The van der Waals surface area contributed by atoms with Crippen molar-refractivity contribution in [3.8, 4) is 12.1 Å². The summed E-state index contributed by atoms with van der Waals surface area (Å²) in [7, 11) is 0. The molecule has 0 bridgehead atoms. The van der Waals surface area contributed by atoms with Crippen molar-refractivity contribution in [1.82, 2.24) is 0 Å². The van der Waals surface area contributed by atoms with Crippen molar-refractivity contribution < 1.29 is 22.9 Å². The van der Waals surface area contributed by atoms with Gasteiger partial charge in [-0.25, -0.2) is 0 Å². The van der Waals surface area contributed by atoms with Crippen molar-refractivity contribution in [3.05, 3.63) is 77.0 Å². The number of halogens is 3. The summed E-state index contributed by atoms with van der Waals surface area (Å²) in [4.78, 5) is 13.0. The van der Waals surface area contributed by atoms with Crippen molar-refractivity contribution in [2.75, 3.05) is 0 Å². The molecule has 2 aliphatic rings. The maximum atomic E-state index is 13.3. The summed E-state index contributed by atoms with van der Waals surface area (Å²) >= 11 is 0. The van der Waals surface area contributed by atoms with E-state index in [4.69, 9.17) is 5.73 Å². The van der Waals surface area contributed by atoms with E-state index in [9.17, 15) is 28.5 Å². The van der Waals surface area contributed by atoms with Gasteiger partial charge in [0.25, 0.3) is 5.91 Å². The number of rotatable bonds is 2. The van der Waals surface area contributed by atoms with Crippen LogP contribution in [0.3, 0.4) is 0 Å². The molecular weight excluding hydrogens is 393 g/mol. The van der Waals surface area contributed by atoms with E-state index in [2.05, 4.69) is 12.1 Å². The third-order valence-corrected chi connectivity index (χ3v) is 5.98. The fourth-order valence-electron chi connectivity index (χ4n) is 4.80. The highest BCUT2D eigenvalue weighted by atomic mass is 19.4. The van der Waals surface area contributed by atoms with Crippen molar-refractivity contribution in [2.24, 2.45) is 11.1 Å². The molecule has 1 amide bonds. The molecule has 0 spiro atoms. The van der Waals surface area contributed by atoms with E-state index in [1.54, 1.807) is 30.5 Å². The minimum absolute atomic E-state index is 0.0875. The zero-order valence-electron chi connectivity index (χ0n) is 15.5. The number of nitrogens with zero attached hydrogens (tertiary/aromatic N) is 2. The first-order valence-electron chi connectivity index (χ1n) is 9.17. The monoisotopic (exact) mass is 409 g/mol. The van der Waals surface area contributed by atoms with Crippen LogP contribution in [-0.4, -0.2) is 11.9 Å². The maximum absolute atomic E-state index is 13.3. The molecule has 1 unspecified atom stereocenters. The Balaban J connectivity index is 1.99. The largest absolute Gasteiger partial charge is 0.416 e. The predicted octanol–water partition coefficient (Wildman–Crippen LogP) is 2.30. The van der Waals surface area contributed by atoms with Crippen molar-refractivity contribution in [1.29, 1.82) is 10.5 Å². The van der Waals surface area contributed by atoms with Crippen LogP contribution < -0.4 is 10.6 Å². The topological polar surface area (TPSA) is 95.1 Å².